The minimum atomic E-state index is -0.770. The summed E-state index contributed by atoms with van der Waals surface area (Å²) in [5.74, 6) is 0. The summed E-state index contributed by atoms with van der Waals surface area (Å²) in [7, 11) is 0. The van der Waals surface area contributed by atoms with E-state index < -0.39 is 6.09 Å². The fourth-order valence-corrected chi connectivity index (χ4v) is 1.42. The number of hydrogen-bond donors (Lipinski definition) is 2. The van der Waals surface area contributed by atoms with Crippen LogP contribution in [-0.4, -0.2) is 31.6 Å². The van der Waals surface area contributed by atoms with E-state index >= 15 is 0 Å². The molecule has 0 aromatic carbocycles. The summed E-state index contributed by atoms with van der Waals surface area (Å²) in [6.07, 6.45) is 1.55. The van der Waals surface area contributed by atoms with E-state index in [-0.39, 0.29) is 19.0 Å². The minimum Gasteiger partial charge on any atom is -0.447 e. The lowest BCUT2D eigenvalue weighted by Gasteiger charge is -2.28. The van der Waals surface area contributed by atoms with Crippen LogP contribution in [0.1, 0.15) is 26.2 Å². The van der Waals surface area contributed by atoms with Crippen molar-refractivity contribution in [3.63, 3.8) is 0 Å². The van der Waals surface area contributed by atoms with Crippen LogP contribution in [0.2, 0.25) is 0 Å². The standard InChI is InChI=1S/C9H18N2O4/c1-2-11-15-8-5-3-4-7(14-8)6-13-9(10)12/h7-8,11H,2-6H2,1H3,(H2,10,12)/t7-,8-/m0/s1. The first-order valence-electron chi connectivity index (χ1n) is 5.18. The molecule has 0 bridgehead atoms. The van der Waals surface area contributed by atoms with Crippen LogP contribution < -0.4 is 11.2 Å². The molecular formula is C9H18N2O4. The van der Waals surface area contributed by atoms with Gasteiger partial charge >= 0.3 is 6.09 Å². The van der Waals surface area contributed by atoms with Gasteiger partial charge in [0.05, 0.1) is 6.10 Å². The van der Waals surface area contributed by atoms with Gasteiger partial charge in [0.1, 0.15) is 6.61 Å². The number of primary amides is 1. The second-order valence-electron chi connectivity index (χ2n) is 3.36. The van der Waals surface area contributed by atoms with Crippen molar-refractivity contribution >= 4 is 6.09 Å². The Kier molecular flexibility index (Phi) is 5.38. The van der Waals surface area contributed by atoms with Crippen LogP contribution in [0.25, 0.3) is 0 Å². The third-order valence-electron chi connectivity index (χ3n) is 2.08. The van der Waals surface area contributed by atoms with Crippen molar-refractivity contribution in [1.82, 2.24) is 5.48 Å². The topological polar surface area (TPSA) is 82.8 Å². The maximum Gasteiger partial charge on any atom is 0.404 e. The van der Waals surface area contributed by atoms with Crippen molar-refractivity contribution in [2.24, 2.45) is 5.73 Å². The Bertz CT molecular complexity index is 201. The molecule has 0 unspecified atom stereocenters. The molecule has 1 aliphatic rings. The molecule has 3 N–H and O–H groups in total. The van der Waals surface area contributed by atoms with Gasteiger partial charge in [0, 0.05) is 13.0 Å². The van der Waals surface area contributed by atoms with Gasteiger partial charge in [-0.05, 0) is 12.8 Å². The van der Waals surface area contributed by atoms with Crippen LogP contribution >= 0.6 is 0 Å². The predicted octanol–water partition coefficient (Wildman–Crippen LogP) is 0.518. The highest BCUT2D eigenvalue weighted by Gasteiger charge is 2.23. The van der Waals surface area contributed by atoms with E-state index in [1.165, 1.54) is 0 Å². The maximum atomic E-state index is 10.4. The number of carbonyl (C=O) groups is 1. The molecule has 15 heavy (non-hydrogen) atoms. The Hall–Kier alpha value is -0.850. The van der Waals surface area contributed by atoms with E-state index in [2.05, 4.69) is 10.2 Å². The highest BCUT2D eigenvalue weighted by molar-refractivity contribution is 5.64. The van der Waals surface area contributed by atoms with E-state index in [1.54, 1.807) is 0 Å². The largest absolute Gasteiger partial charge is 0.447 e. The molecule has 1 rings (SSSR count). The third kappa shape index (κ3) is 4.96. The summed E-state index contributed by atoms with van der Waals surface area (Å²) in [6.45, 7) is 2.86. The molecule has 0 aromatic rings. The fourth-order valence-electron chi connectivity index (χ4n) is 1.42. The fraction of sp³-hybridized carbons (Fsp3) is 0.889. The Morgan fingerprint density at radius 3 is 3.07 bits per heavy atom. The quantitative estimate of drug-likeness (QED) is 0.657. The van der Waals surface area contributed by atoms with Crippen molar-refractivity contribution in [3.05, 3.63) is 0 Å². The van der Waals surface area contributed by atoms with E-state index in [4.69, 9.17) is 15.3 Å². The summed E-state index contributed by atoms with van der Waals surface area (Å²) in [4.78, 5) is 15.6. The van der Waals surface area contributed by atoms with Crippen molar-refractivity contribution in [1.29, 1.82) is 0 Å². The minimum absolute atomic E-state index is 0.116. The Morgan fingerprint density at radius 1 is 1.60 bits per heavy atom. The smallest absolute Gasteiger partial charge is 0.404 e. The van der Waals surface area contributed by atoms with Gasteiger partial charge in [0.25, 0.3) is 0 Å². The van der Waals surface area contributed by atoms with Crippen LogP contribution in [0.15, 0.2) is 0 Å². The Morgan fingerprint density at radius 2 is 2.40 bits per heavy atom. The summed E-state index contributed by atoms with van der Waals surface area (Å²) < 4.78 is 10.2. The number of carbonyl (C=O) groups excluding carboxylic acids is 1. The number of ether oxygens (including phenoxy) is 2. The second-order valence-corrected chi connectivity index (χ2v) is 3.36. The van der Waals surface area contributed by atoms with Crippen molar-refractivity contribution in [2.75, 3.05) is 13.2 Å². The number of rotatable bonds is 5. The molecule has 1 fully saturated rings. The van der Waals surface area contributed by atoms with Crippen molar-refractivity contribution in [2.45, 2.75) is 38.6 Å². The van der Waals surface area contributed by atoms with E-state index in [9.17, 15) is 4.79 Å². The van der Waals surface area contributed by atoms with Crippen LogP contribution in [0.3, 0.4) is 0 Å². The summed E-state index contributed by atoms with van der Waals surface area (Å²) in [5.41, 5.74) is 7.61. The SMILES string of the molecule is CCNO[C@H]1CCC[C@@H](COC(N)=O)O1. The first kappa shape index (κ1) is 12.2. The number of hydrogen-bond acceptors (Lipinski definition) is 5. The van der Waals surface area contributed by atoms with Gasteiger partial charge in [0.15, 0.2) is 6.29 Å². The Balaban J connectivity index is 2.19. The Labute approximate surface area is 89.0 Å². The highest BCUT2D eigenvalue weighted by atomic mass is 16.8. The normalized spacial score (nSPS) is 26.2. The van der Waals surface area contributed by atoms with Gasteiger partial charge in [0.2, 0.25) is 0 Å². The van der Waals surface area contributed by atoms with Crippen LogP contribution in [0.5, 0.6) is 0 Å². The zero-order chi connectivity index (χ0) is 11.1. The monoisotopic (exact) mass is 218 g/mol. The molecule has 0 aromatic heterocycles. The van der Waals surface area contributed by atoms with Gasteiger partial charge in [-0.2, -0.15) is 5.48 Å². The molecule has 1 saturated heterocycles. The average molecular weight is 218 g/mol. The van der Waals surface area contributed by atoms with Crippen LogP contribution in [0.4, 0.5) is 4.79 Å². The number of amides is 1. The van der Waals surface area contributed by atoms with Crippen molar-refractivity contribution < 1.29 is 19.1 Å². The molecule has 1 aliphatic heterocycles. The van der Waals surface area contributed by atoms with Crippen LogP contribution in [0, 0.1) is 0 Å². The predicted molar refractivity (Wildman–Crippen MR) is 52.8 cm³/mol. The van der Waals surface area contributed by atoms with Gasteiger partial charge in [-0.3, -0.25) is 4.84 Å². The van der Waals surface area contributed by atoms with Crippen molar-refractivity contribution in [3.8, 4) is 0 Å². The molecule has 6 nitrogen and oxygen atoms in total. The van der Waals surface area contributed by atoms with Gasteiger partial charge in [-0.25, -0.2) is 4.79 Å². The molecule has 0 radical (unpaired) electrons. The zero-order valence-corrected chi connectivity index (χ0v) is 8.90. The first-order chi connectivity index (χ1) is 7.22. The molecule has 88 valence electrons. The molecule has 2 atom stereocenters. The van der Waals surface area contributed by atoms with Crippen LogP contribution in [-0.2, 0) is 14.3 Å². The molecule has 6 heteroatoms. The number of nitrogens with two attached hydrogens (primary N) is 1. The molecular weight excluding hydrogens is 200 g/mol. The molecule has 0 saturated carbocycles. The summed E-state index contributed by atoms with van der Waals surface area (Å²) in [6, 6.07) is 0. The molecule has 1 heterocycles. The molecule has 1 amide bonds. The van der Waals surface area contributed by atoms with E-state index in [0.717, 1.165) is 25.8 Å². The summed E-state index contributed by atoms with van der Waals surface area (Å²) >= 11 is 0. The van der Waals surface area contributed by atoms with Gasteiger partial charge in [-0.1, -0.05) is 6.92 Å². The lowest BCUT2D eigenvalue weighted by atomic mass is 10.1. The third-order valence-corrected chi connectivity index (χ3v) is 2.08. The lowest BCUT2D eigenvalue weighted by molar-refractivity contribution is -0.227. The maximum absolute atomic E-state index is 10.4. The van der Waals surface area contributed by atoms with E-state index in [0.29, 0.717) is 0 Å². The second kappa shape index (κ2) is 6.60. The molecule has 0 spiro atoms. The summed E-state index contributed by atoms with van der Waals surface area (Å²) in [5, 5.41) is 0. The molecule has 0 aliphatic carbocycles. The first-order valence-corrected chi connectivity index (χ1v) is 5.18. The number of nitrogens with one attached hydrogen (secondary N) is 1. The van der Waals surface area contributed by atoms with E-state index in [1.807, 2.05) is 6.92 Å². The zero-order valence-electron chi connectivity index (χ0n) is 8.90. The number of hydroxylamine groups is 1. The average Bonchev–Trinajstić information content (AvgIpc) is 2.24. The van der Waals surface area contributed by atoms with Gasteiger partial charge < -0.3 is 15.2 Å². The highest BCUT2D eigenvalue weighted by Crippen LogP contribution is 2.19. The van der Waals surface area contributed by atoms with Gasteiger partial charge in [-0.15, -0.1) is 0 Å². The lowest BCUT2D eigenvalue weighted by Crippen LogP contribution is -2.36.